The third kappa shape index (κ3) is 4.14. The Balaban J connectivity index is 1.98. The molecule has 108 valence electrons. The molecule has 1 N–H and O–H groups in total. The zero-order valence-electron chi connectivity index (χ0n) is 12.3. The van der Waals surface area contributed by atoms with Gasteiger partial charge in [-0.25, -0.2) is 4.98 Å². The Hall–Kier alpha value is -2.19. The molecule has 4 nitrogen and oxygen atoms in total. The van der Waals surface area contributed by atoms with E-state index in [1.165, 1.54) is 11.3 Å². The molecule has 0 saturated heterocycles. The van der Waals surface area contributed by atoms with Crippen LogP contribution in [0.3, 0.4) is 0 Å². The van der Waals surface area contributed by atoms with Crippen molar-refractivity contribution in [3.8, 4) is 6.07 Å². The van der Waals surface area contributed by atoms with Gasteiger partial charge in [-0.1, -0.05) is 32.9 Å². The van der Waals surface area contributed by atoms with Gasteiger partial charge in [0.1, 0.15) is 0 Å². The lowest BCUT2D eigenvalue weighted by molar-refractivity contribution is -0.115. The summed E-state index contributed by atoms with van der Waals surface area (Å²) in [7, 11) is 0. The fraction of sp³-hybridized carbons (Fsp3) is 0.312. The fourth-order valence-corrected chi connectivity index (χ4v) is 2.67. The van der Waals surface area contributed by atoms with Crippen LogP contribution in [0.2, 0.25) is 0 Å². The molecular weight excluding hydrogens is 282 g/mol. The first-order valence-electron chi connectivity index (χ1n) is 6.63. The predicted octanol–water partition coefficient (Wildman–Crippen LogP) is 3.49. The number of carbonyl (C=O) groups is 1. The lowest BCUT2D eigenvalue weighted by Crippen LogP contribution is -2.15. The van der Waals surface area contributed by atoms with Crippen LogP contribution in [0.25, 0.3) is 0 Å². The molecule has 1 aromatic carbocycles. The summed E-state index contributed by atoms with van der Waals surface area (Å²) in [6, 6.07) is 9.06. The molecule has 0 fully saturated rings. The number of amides is 1. The van der Waals surface area contributed by atoms with E-state index < -0.39 is 0 Å². The van der Waals surface area contributed by atoms with Crippen molar-refractivity contribution in [2.75, 3.05) is 5.32 Å². The standard InChI is InChI=1S/C16H17N3OS/c1-16(2,3)13-10-21-15(18-13)19-14(20)8-11-4-6-12(9-17)7-5-11/h4-7,10H,8H2,1-3H3,(H,18,19,20). The SMILES string of the molecule is CC(C)(C)c1csc(NC(=O)Cc2ccc(C#N)cc2)n1. The van der Waals surface area contributed by atoms with Crippen LogP contribution in [0.5, 0.6) is 0 Å². The zero-order chi connectivity index (χ0) is 15.5. The van der Waals surface area contributed by atoms with Crippen LogP contribution < -0.4 is 5.32 Å². The highest BCUT2D eigenvalue weighted by Crippen LogP contribution is 2.26. The van der Waals surface area contributed by atoms with Crippen molar-refractivity contribution in [2.24, 2.45) is 0 Å². The second-order valence-corrected chi connectivity index (χ2v) is 6.68. The van der Waals surface area contributed by atoms with Gasteiger partial charge < -0.3 is 5.32 Å². The summed E-state index contributed by atoms with van der Waals surface area (Å²) in [6.07, 6.45) is 0.274. The molecule has 1 heterocycles. The fourth-order valence-electron chi connectivity index (χ4n) is 1.72. The highest BCUT2D eigenvalue weighted by molar-refractivity contribution is 7.13. The van der Waals surface area contributed by atoms with Crippen LogP contribution in [0.4, 0.5) is 5.13 Å². The molecule has 0 unspecified atom stereocenters. The number of hydrogen-bond acceptors (Lipinski definition) is 4. The first-order valence-corrected chi connectivity index (χ1v) is 7.51. The number of thiazole rings is 1. The number of hydrogen-bond donors (Lipinski definition) is 1. The van der Waals surface area contributed by atoms with E-state index in [0.29, 0.717) is 10.7 Å². The number of carbonyl (C=O) groups excluding carboxylic acids is 1. The average Bonchev–Trinajstić information content (AvgIpc) is 2.88. The third-order valence-electron chi connectivity index (χ3n) is 2.97. The van der Waals surface area contributed by atoms with Crippen LogP contribution in [0, 0.1) is 11.3 Å². The smallest absolute Gasteiger partial charge is 0.230 e. The average molecular weight is 299 g/mol. The van der Waals surface area contributed by atoms with Crippen molar-refractivity contribution in [3.05, 3.63) is 46.5 Å². The maximum absolute atomic E-state index is 12.0. The van der Waals surface area contributed by atoms with Crippen LogP contribution in [0.1, 0.15) is 37.6 Å². The molecule has 0 saturated carbocycles. The normalized spacial score (nSPS) is 11.0. The van der Waals surface area contributed by atoms with Gasteiger partial charge in [0.15, 0.2) is 5.13 Å². The van der Waals surface area contributed by atoms with Crippen molar-refractivity contribution in [1.82, 2.24) is 4.98 Å². The quantitative estimate of drug-likeness (QED) is 0.943. The van der Waals surface area contributed by atoms with E-state index in [0.717, 1.165) is 11.3 Å². The van der Waals surface area contributed by atoms with Gasteiger partial charge in [0.05, 0.1) is 23.7 Å². The molecule has 0 bridgehead atoms. The lowest BCUT2D eigenvalue weighted by atomic mass is 9.93. The predicted molar refractivity (Wildman–Crippen MR) is 84.3 cm³/mol. The number of nitriles is 1. The maximum Gasteiger partial charge on any atom is 0.230 e. The van der Waals surface area contributed by atoms with Crippen LogP contribution in [0.15, 0.2) is 29.6 Å². The summed E-state index contributed by atoms with van der Waals surface area (Å²) in [5.41, 5.74) is 2.42. The molecular formula is C16H17N3OS. The van der Waals surface area contributed by atoms with E-state index in [2.05, 4.69) is 37.1 Å². The van der Waals surface area contributed by atoms with Crippen molar-refractivity contribution < 1.29 is 4.79 Å². The molecule has 5 heteroatoms. The summed E-state index contributed by atoms with van der Waals surface area (Å²) in [5.74, 6) is -0.102. The second-order valence-electron chi connectivity index (χ2n) is 5.82. The van der Waals surface area contributed by atoms with Gasteiger partial charge in [-0.2, -0.15) is 5.26 Å². The number of nitrogens with one attached hydrogen (secondary N) is 1. The molecule has 0 aliphatic rings. The Morgan fingerprint density at radius 1 is 1.33 bits per heavy atom. The van der Waals surface area contributed by atoms with E-state index in [1.807, 2.05) is 5.38 Å². The van der Waals surface area contributed by atoms with Crippen molar-refractivity contribution in [2.45, 2.75) is 32.6 Å². The Bertz CT molecular complexity index is 675. The molecule has 1 aromatic heterocycles. The summed E-state index contributed by atoms with van der Waals surface area (Å²) in [4.78, 5) is 16.4. The Morgan fingerprint density at radius 3 is 2.52 bits per heavy atom. The molecule has 2 rings (SSSR count). The minimum atomic E-state index is -0.102. The van der Waals surface area contributed by atoms with Crippen molar-refractivity contribution in [1.29, 1.82) is 5.26 Å². The minimum Gasteiger partial charge on any atom is -0.302 e. The van der Waals surface area contributed by atoms with Gasteiger partial charge in [-0.3, -0.25) is 4.79 Å². The molecule has 0 aliphatic heterocycles. The summed E-state index contributed by atoms with van der Waals surface area (Å²) in [5, 5.41) is 14.1. The van der Waals surface area contributed by atoms with Gasteiger partial charge in [-0.05, 0) is 17.7 Å². The molecule has 0 spiro atoms. The van der Waals surface area contributed by atoms with Crippen molar-refractivity contribution >= 4 is 22.4 Å². The van der Waals surface area contributed by atoms with E-state index in [-0.39, 0.29) is 17.7 Å². The number of benzene rings is 1. The topological polar surface area (TPSA) is 65.8 Å². The Morgan fingerprint density at radius 2 is 2.00 bits per heavy atom. The number of nitrogens with zero attached hydrogens (tertiary/aromatic N) is 2. The molecule has 0 aliphatic carbocycles. The number of anilines is 1. The first-order chi connectivity index (χ1) is 9.88. The van der Waals surface area contributed by atoms with Gasteiger partial charge in [0.25, 0.3) is 0 Å². The zero-order valence-corrected chi connectivity index (χ0v) is 13.1. The highest BCUT2D eigenvalue weighted by atomic mass is 32.1. The molecule has 2 aromatic rings. The summed E-state index contributed by atoms with van der Waals surface area (Å²) < 4.78 is 0. The Labute approximate surface area is 128 Å². The number of aromatic nitrogens is 1. The second kappa shape index (κ2) is 6.06. The summed E-state index contributed by atoms with van der Waals surface area (Å²) >= 11 is 1.44. The Kier molecular flexibility index (Phi) is 4.39. The number of rotatable bonds is 3. The van der Waals surface area contributed by atoms with E-state index in [1.54, 1.807) is 24.3 Å². The van der Waals surface area contributed by atoms with E-state index in [4.69, 9.17) is 5.26 Å². The highest BCUT2D eigenvalue weighted by Gasteiger charge is 2.18. The van der Waals surface area contributed by atoms with Crippen LogP contribution in [-0.2, 0) is 16.6 Å². The molecule has 0 atom stereocenters. The van der Waals surface area contributed by atoms with Gasteiger partial charge in [-0.15, -0.1) is 11.3 Å². The molecule has 21 heavy (non-hydrogen) atoms. The lowest BCUT2D eigenvalue weighted by Gasteiger charge is -2.14. The largest absolute Gasteiger partial charge is 0.302 e. The van der Waals surface area contributed by atoms with Crippen molar-refractivity contribution in [3.63, 3.8) is 0 Å². The van der Waals surface area contributed by atoms with Crippen LogP contribution >= 0.6 is 11.3 Å². The van der Waals surface area contributed by atoms with E-state index in [9.17, 15) is 4.79 Å². The van der Waals surface area contributed by atoms with Gasteiger partial charge >= 0.3 is 0 Å². The van der Waals surface area contributed by atoms with E-state index >= 15 is 0 Å². The van der Waals surface area contributed by atoms with Crippen LogP contribution in [-0.4, -0.2) is 10.9 Å². The van der Waals surface area contributed by atoms with Gasteiger partial charge in [0.2, 0.25) is 5.91 Å². The maximum atomic E-state index is 12.0. The summed E-state index contributed by atoms with van der Waals surface area (Å²) in [6.45, 7) is 6.26. The minimum absolute atomic E-state index is 0.0212. The molecule has 1 amide bonds. The third-order valence-corrected chi connectivity index (χ3v) is 3.72. The first kappa shape index (κ1) is 15.2. The van der Waals surface area contributed by atoms with Gasteiger partial charge in [0, 0.05) is 10.8 Å². The molecule has 0 radical (unpaired) electrons. The monoisotopic (exact) mass is 299 g/mol.